The Hall–Kier alpha value is -1.46. The van der Waals surface area contributed by atoms with E-state index < -0.39 is 5.79 Å². The van der Waals surface area contributed by atoms with Gasteiger partial charge >= 0.3 is 0 Å². The lowest BCUT2D eigenvalue weighted by molar-refractivity contribution is -0.189. The zero-order valence-corrected chi connectivity index (χ0v) is 11.7. The van der Waals surface area contributed by atoms with Crippen LogP contribution in [0.1, 0.15) is 30.1 Å². The van der Waals surface area contributed by atoms with Crippen molar-refractivity contribution in [2.45, 2.75) is 25.6 Å². The van der Waals surface area contributed by atoms with Crippen LogP contribution >= 0.6 is 0 Å². The SMILES string of the molecule is CC1(C2CCN(C(=O)c3ccncc3)CC2)OCCO1. The normalized spacial score (nSPS) is 22.9. The first-order chi connectivity index (χ1) is 9.69. The second kappa shape index (κ2) is 5.50. The molecule has 2 saturated heterocycles. The third-order valence-corrected chi connectivity index (χ3v) is 4.31. The van der Waals surface area contributed by atoms with Crippen molar-refractivity contribution in [2.75, 3.05) is 26.3 Å². The van der Waals surface area contributed by atoms with Crippen LogP contribution in [0.4, 0.5) is 0 Å². The summed E-state index contributed by atoms with van der Waals surface area (Å²) in [4.78, 5) is 18.2. The van der Waals surface area contributed by atoms with Gasteiger partial charge in [0, 0.05) is 37.0 Å². The molecule has 0 N–H and O–H groups in total. The van der Waals surface area contributed by atoms with Crippen molar-refractivity contribution in [3.8, 4) is 0 Å². The second-order valence-electron chi connectivity index (χ2n) is 5.52. The molecule has 0 atom stereocenters. The molecule has 2 fully saturated rings. The van der Waals surface area contributed by atoms with E-state index in [0.717, 1.165) is 25.9 Å². The molecule has 0 unspecified atom stereocenters. The fraction of sp³-hybridized carbons (Fsp3) is 0.600. The molecule has 0 saturated carbocycles. The van der Waals surface area contributed by atoms with Crippen LogP contribution in [0.25, 0.3) is 0 Å². The van der Waals surface area contributed by atoms with E-state index in [1.165, 1.54) is 0 Å². The van der Waals surface area contributed by atoms with Crippen LogP contribution in [0.5, 0.6) is 0 Å². The van der Waals surface area contributed by atoms with Gasteiger partial charge in [-0.3, -0.25) is 9.78 Å². The van der Waals surface area contributed by atoms with Crippen molar-refractivity contribution in [2.24, 2.45) is 5.92 Å². The van der Waals surface area contributed by atoms with Crippen molar-refractivity contribution in [1.29, 1.82) is 0 Å². The summed E-state index contributed by atoms with van der Waals surface area (Å²) in [7, 11) is 0. The number of carbonyl (C=O) groups is 1. The summed E-state index contributed by atoms with van der Waals surface area (Å²) in [5.74, 6) is 0.00182. The summed E-state index contributed by atoms with van der Waals surface area (Å²) < 4.78 is 11.5. The van der Waals surface area contributed by atoms with Gasteiger partial charge in [-0.1, -0.05) is 0 Å². The lowest BCUT2D eigenvalue weighted by Gasteiger charge is -2.39. The summed E-state index contributed by atoms with van der Waals surface area (Å²) >= 11 is 0. The predicted molar refractivity (Wildman–Crippen MR) is 73.2 cm³/mol. The molecule has 1 aromatic heterocycles. The van der Waals surface area contributed by atoms with Gasteiger partial charge in [0.05, 0.1) is 13.2 Å². The summed E-state index contributed by atoms with van der Waals surface area (Å²) in [6.07, 6.45) is 5.16. The van der Waals surface area contributed by atoms with Crippen LogP contribution in [0, 0.1) is 5.92 Å². The van der Waals surface area contributed by atoms with Crippen LogP contribution in [0.3, 0.4) is 0 Å². The lowest BCUT2D eigenvalue weighted by atomic mass is 9.89. The van der Waals surface area contributed by atoms with Crippen LogP contribution in [0.15, 0.2) is 24.5 Å². The van der Waals surface area contributed by atoms with E-state index in [4.69, 9.17) is 9.47 Å². The summed E-state index contributed by atoms with van der Waals surface area (Å²) in [5, 5.41) is 0. The van der Waals surface area contributed by atoms with Gasteiger partial charge in [-0.25, -0.2) is 0 Å². The van der Waals surface area contributed by atoms with Gasteiger partial charge in [-0.15, -0.1) is 0 Å². The summed E-state index contributed by atoms with van der Waals surface area (Å²) in [5.41, 5.74) is 0.707. The summed E-state index contributed by atoms with van der Waals surface area (Å²) in [6, 6.07) is 3.53. The number of piperidine rings is 1. The molecule has 0 aromatic carbocycles. The third kappa shape index (κ3) is 2.55. The van der Waals surface area contributed by atoms with Gasteiger partial charge in [0.1, 0.15) is 0 Å². The van der Waals surface area contributed by atoms with E-state index in [9.17, 15) is 4.79 Å². The quantitative estimate of drug-likeness (QED) is 0.825. The molecule has 3 heterocycles. The number of hydrogen-bond acceptors (Lipinski definition) is 4. The largest absolute Gasteiger partial charge is 0.348 e. The average molecular weight is 276 g/mol. The number of likely N-dealkylation sites (tertiary alicyclic amines) is 1. The van der Waals surface area contributed by atoms with Crippen molar-refractivity contribution < 1.29 is 14.3 Å². The van der Waals surface area contributed by atoms with Gasteiger partial charge < -0.3 is 14.4 Å². The fourth-order valence-electron chi connectivity index (χ4n) is 3.05. The van der Waals surface area contributed by atoms with E-state index in [0.29, 0.717) is 24.7 Å². The van der Waals surface area contributed by atoms with E-state index in [1.54, 1.807) is 24.5 Å². The molecule has 1 aromatic rings. The van der Waals surface area contributed by atoms with Crippen molar-refractivity contribution >= 4 is 5.91 Å². The molecule has 3 rings (SSSR count). The van der Waals surface area contributed by atoms with Gasteiger partial charge in [-0.2, -0.15) is 0 Å². The minimum atomic E-state index is -0.453. The van der Waals surface area contributed by atoms with E-state index >= 15 is 0 Å². The molecule has 20 heavy (non-hydrogen) atoms. The van der Waals surface area contributed by atoms with Crippen LogP contribution in [-0.2, 0) is 9.47 Å². The third-order valence-electron chi connectivity index (χ3n) is 4.31. The Bertz CT molecular complexity index is 463. The number of hydrogen-bond donors (Lipinski definition) is 0. The zero-order chi connectivity index (χ0) is 14.0. The predicted octanol–water partition coefficient (Wildman–Crippen LogP) is 1.70. The van der Waals surface area contributed by atoms with Crippen LogP contribution in [-0.4, -0.2) is 47.9 Å². The minimum Gasteiger partial charge on any atom is -0.348 e. The smallest absolute Gasteiger partial charge is 0.253 e. The number of nitrogens with zero attached hydrogens (tertiary/aromatic N) is 2. The molecule has 5 nitrogen and oxygen atoms in total. The highest BCUT2D eigenvalue weighted by Crippen LogP contribution is 2.35. The molecule has 2 aliphatic rings. The zero-order valence-electron chi connectivity index (χ0n) is 11.7. The first-order valence-corrected chi connectivity index (χ1v) is 7.16. The summed E-state index contributed by atoms with van der Waals surface area (Å²) in [6.45, 7) is 4.88. The van der Waals surface area contributed by atoms with E-state index in [2.05, 4.69) is 4.98 Å². The van der Waals surface area contributed by atoms with Crippen LogP contribution < -0.4 is 0 Å². The van der Waals surface area contributed by atoms with Crippen LogP contribution in [0.2, 0.25) is 0 Å². The fourth-order valence-corrected chi connectivity index (χ4v) is 3.05. The monoisotopic (exact) mass is 276 g/mol. The maximum Gasteiger partial charge on any atom is 0.253 e. The van der Waals surface area contributed by atoms with Gasteiger partial charge in [0.2, 0.25) is 0 Å². The highest BCUT2D eigenvalue weighted by Gasteiger charge is 2.41. The maximum atomic E-state index is 12.3. The molecule has 0 aliphatic carbocycles. The van der Waals surface area contributed by atoms with E-state index in [-0.39, 0.29) is 5.91 Å². The number of carbonyl (C=O) groups excluding carboxylic acids is 1. The first-order valence-electron chi connectivity index (χ1n) is 7.16. The van der Waals surface area contributed by atoms with Crippen molar-refractivity contribution in [3.05, 3.63) is 30.1 Å². The molecule has 108 valence electrons. The molecular weight excluding hydrogens is 256 g/mol. The molecule has 2 aliphatic heterocycles. The Morgan fingerprint density at radius 1 is 1.25 bits per heavy atom. The Balaban J connectivity index is 1.60. The molecule has 0 bridgehead atoms. The van der Waals surface area contributed by atoms with Gasteiger partial charge in [0.15, 0.2) is 5.79 Å². The Morgan fingerprint density at radius 2 is 1.85 bits per heavy atom. The molecule has 0 radical (unpaired) electrons. The molecular formula is C15H20N2O3. The number of rotatable bonds is 2. The highest BCUT2D eigenvalue weighted by molar-refractivity contribution is 5.94. The highest BCUT2D eigenvalue weighted by atomic mass is 16.7. The standard InChI is InChI=1S/C15H20N2O3/c1-15(19-10-11-20-15)13-4-8-17(9-5-13)14(18)12-2-6-16-7-3-12/h2-3,6-7,13H,4-5,8-11H2,1H3. The number of amides is 1. The van der Waals surface area contributed by atoms with Gasteiger partial charge in [0.25, 0.3) is 5.91 Å². The van der Waals surface area contributed by atoms with Gasteiger partial charge in [-0.05, 0) is 31.9 Å². The second-order valence-corrected chi connectivity index (χ2v) is 5.52. The Kier molecular flexibility index (Phi) is 3.72. The Labute approximate surface area is 118 Å². The topological polar surface area (TPSA) is 51.7 Å². The minimum absolute atomic E-state index is 0.0873. The first kappa shape index (κ1) is 13.5. The Morgan fingerprint density at radius 3 is 2.45 bits per heavy atom. The lowest BCUT2D eigenvalue weighted by Crippen LogP contribution is -2.46. The molecule has 0 spiro atoms. The maximum absolute atomic E-state index is 12.3. The van der Waals surface area contributed by atoms with E-state index in [1.807, 2.05) is 11.8 Å². The number of pyridine rings is 1. The molecule has 5 heteroatoms. The van der Waals surface area contributed by atoms with Crippen molar-refractivity contribution in [1.82, 2.24) is 9.88 Å². The number of aromatic nitrogens is 1. The van der Waals surface area contributed by atoms with Crippen molar-refractivity contribution in [3.63, 3.8) is 0 Å². The number of ether oxygens (including phenoxy) is 2. The molecule has 1 amide bonds. The average Bonchev–Trinajstić information content (AvgIpc) is 2.96.